The summed E-state index contributed by atoms with van der Waals surface area (Å²) in [6, 6.07) is 22.0. The second kappa shape index (κ2) is 10.6. The Bertz CT molecular complexity index is 1350. The van der Waals surface area contributed by atoms with Crippen LogP contribution in [-0.4, -0.2) is 11.9 Å². The number of thiophene rings is 1. The molecule has 1 heterocycles. The molecule has 3 aromatic carbocycles. The molecule has 0 aliphatic carbocycles. The highest BCUT2D eigenvalue weighted by Gasteiger charge is 2.31. The summed E-state index contributed by atoms with van der Waals surface area (Å²) >= 11 is 1.30. The van der Waals surface area contributed by atoms with Gasteiger partial charge in [0.25, 0.3) is 5.91 Å². The molecule has 186 valence electrons. The van der Waals surface area contributed by atoms with Crippen LogP contribution >= 0.6 is 11.3 Å². The molecular weight excluding hydrogens is 483 g/mol. The summed E-state index contributed by atoms with van der Waals surface area (Å²) in [6.07, 6.45) is -4.42. The first-order chi connectivity index (χ1) is 17.1. The van der Waals surface area contributed by atoms with Gasteiger partial charge in [0, 0.05) is 16.3 Å². The lowest BCUT2D eigenvalue weighted by molar-refractivity contribution is -0.137. The standard InChI is InChI=1S/C29H26F3NO2S/c1-19(2)33(24-16-27(36-18-24)22-10-7-11-23(15-22)29(30,31)32)28(34)25-13-12-20(3)14-26(25)35-17-21-8-5-4-6-9-21/h4-16,18-19H,17H2,1-3H3. The van der Waals surface area contributed by atoms with Gasteiger partial charge in [-0.3, -0.25) is 4.79 Å². The minimum absolute atomic E-state index is 0.190. The van der Waals surface area contributed by atoms with Crippen LogP contribution in [0.25, 0.3) is 10.4 Å². The van der Waals surface area contributed by atoms with Gasteiger partial charge in [-0.05, 0) is 67.8 Å². The Morgan fingerprint density at radius 2 is 1.72 bits per heavy atom. The van der Waals surface area contributed by atoms with E-state index in [2.05, 4.69) is 0 Å². The lowest BCUT2D eigenvalue weighted by atomic mass is 10.1. The number of hydrogen-bond acceptors (Lipinski definition) is 3. The number of ether oxygens (including phenoxy) is 1. The maximum atomic E-state index is 13.8. The lowest BCUT2D eigenvalue weighted by Crippen LogP contribution is -2.37. The molecule has 36 heavy (non-hydrogen) atoms. The van der Waals surface area contributed by atoms with E-state index in [1.165, 1.54) is 17.4 Å². The number of halogens is 3. The van der Waals surface area contributed by atoms with Gasteiger partial charge in [0.1, 0.15) is 12.4 Å². The van der Waals surface area contributed by atoms with Gasteiger partial charge in [0.15, 0.2) is 0 Å². The fourth-order valence-electron chi connectivity index (χ4n) is 3.89. The van der Waals surface area contributed by atoms with E-state index in [9.17, 15) is 18.0 Å². The van der Waals surface area contributed by atoms with Gasteiger partial charge in [-0.25, -0.2) is 0 Å². The Balaban J connectivity index is 1.64. The summed E-state index contributed by atoms with van der Waals surface area (Å²) in [5.41, 5.74) is 2.76. The largest absolute Gasteiger partial charge is 0.488 e. The zero-order valence-corrected chi connectivity index (χ0v) is 21.0. The maximum Gasteiger partial charge on any atom is 0.416 e. The molecule has 0 bridgehead atoms. The minimum atomic E-state index is -4.42. The molecule has 7 heteroatoms. The molecule has 0 unspecified atom stereocenters. The quantitative estimate of drug-likeness (QED) is 0.250. The van der Waals surface area contributed by atoms with Crippen LogP contribution in [0.15, 0.2) is 84.2 Å². The maximum absolute atomic E-state index is 13.8. The molecule has 1 amide bonds. The highest BCUT2D eigenvalue weighted by Crippen LogP contribution is 2.37. The van der Waals surface area contributed by atoms with Crippen molar-refractivity contribution in [3.8, 4) is 16.2 Å². The number of benzene rings is 3. The van der Waals surface area contributed by atoms with Crippen molar-refractivity contribution in [3.63, 3.8) is 0 Å². The van der Waals surface area contributed by atoms with Crippen molar-refractivity contribution >= 4 is 22.9 Å². The van der Waals surface area contributed by atoms with Crippen molar-refractivity contribution in [2.45, 2.75) is 39.6 Å². The van der Waals surface area contributed by atoms with Crippen molar-refractivity contribution in [2.75, 3.05) is 4.90 Å². The van der Waals surface area contributed by atoms with E-state index in [4.69, 9.17) is 4.74 Å². The number of aryl methyl sites for hydroxylation is 1. The minimum Gasteiger partial charge on any atom is -0.488 e. The second-order valence-corrected chi connectivity index (χ2v) is 9.70. The first kappa shape index (κ1) is 25.5. The number of hydrogen-bond donors (Lipinski definition) is 0. The van der Waals surface area contributed by atoms with Crippen LogP contribution in [-0.2, 0) is 12.8 Å². The average Bonchev–Trinajstić information content (AvgIpc) is 3.32. The highest BCUT2D eigenvalue weighted by atomic mass is 32.1. The molecule has 0 saturated heterocycles. The smallest absolute Gasteiger partial charge is 0.416 e. The van der Waals surface area contributed by atoms with Crippen LogP contribution in [0.2, 0.25) is 0 Å². The number of carbonyl (C=O) groups excluding carboxylic acids is 1. The number of anilines is 1. The molecule has 0 fully saturated rings. The summed E-state index contributed by atoms with van der Waals surface area (Å²) in [4.78, 5) is 16.1. The molecule has 0 spiro atoms. The van der Waals surface area contributed by atoms with Crippen LogP contribution in [0.4, 0.5) is 18.9 Å². The Labute approximate surface area is 212 Å². The monoisotopic (exact) mass is 509 g/mol. The molecular formula is C29H26F3NO2S. The van der Waals surface area contributed by atoms with Gasteiger partial charge in [0.05, 0.1) is 16.8 Å². The molecule has 0 saturated carbocycles. The van der Waals surface area contributed by atoms with Gasteiger partial charge < -0.3 is 9.64 Å². The molecule has 0 N–H and O–H groups in total. The average molecular weight is 510 g/mol. The zero-order chi connectivity index (χ0) is 25.9. The summed E-state index contributed by atoms with van der Waals surface area (Å²) in [6.45, 7) is 6.06. The van der Waals surface area contributed by atoms with Gasteiger partial charge in [0.2, 0.25) is 0 Å². The number of rotatable bonds is 7. The van der Waals surface area contributed by atoms with E-state index in [0.717, 1.165) is 23.3 Å². The highest BCUT2D eigenvalue weighted by molar-refractivity contribution is 7.14. The van der Waals surface area contributed by atoms with Crippen LogP contribution < -0.4 is 9.64 Å². The third-order valence-corrected chi connectivity index (χ3v) is 6.64. The Hall–Kier alpha value is -3.58. The molecule has 0 atom stereocenters. The van der Waals surface area contributed by atoms with Gasteiger partial charge >= 0.3 is 6.18 Å². The van der Waals surface area contributed by atoms with Crippen LogP contribution in [0, 0.1) is 6.92 Å². The Kier molecular flexibility index (Phi) is 7.50. The summed E-state index contributed by atoms with van der Waals surface area (Å²) in [5.74, 6) is 0.254. The van der Waals surface area contributed by atoms with Crippen LogP contribution in [0.3, 0.4) is 0 Å². The van der Waals surface area contributed by atoms with Crippen LogP contribution in [0.1, 0.15) is 40.9 Å². The number of nitrogens with zero attached hydrogens (tertiary/aromatic N) is 1. The zero-order valence-electron chi connectivity index (χ0n) is 20.2. The second-order valence-electron chi connectivity index (χ2n) is 8.79. The molecule has 4 aromatic rings. The van der Waals surface area contributed by atoms with Crippen molar-refractivity contribution < 1.29 is 22.7 Å². The van der Waals surface area contributed by atoms with Gasteiger partial charge in [-0.2, -0.15) is 13.2 Å². The van der Waals surface area contributed by atoms with Crippen molar-refractivity contribution in [1.82, 2.24) is 0 Å². The van der Waals surface area contributed by atoms with E-state index in [0.29, 0.717) is 34.0 Å². The fourth-order valence-corrected chi connectivity index (χ4v) is 4.77. The molecule has 0 aliphatic rings. The number of alkyl halides is 3. The summed E-state index contributed by atoms with van der Waals surface area (Å²) < 4.78 is 45.6. The lowest BCUT2D eigenvalue weighted by Gasteiger charge is -2.27. The van der Waals surface area contributed by atoms with E-state index < -0.39 is 11.7 Å². The van der Waals surface area contributed by atoms with Crippen molar-refractivity contribution in [3.05, 3.63) is 106 Å². The van der Waals surface area contributed by atoms with E-state index in [-0.39, 0.29) is 11.9 Å². The Morgan fingerprint density at radius 3 is 2.42 bits per heavy atom. The third kappa shape index (κ3) is 5.79. The van der Waals surface area contributed by atoms with Crippen molar-refractivity contribution in [1.29, 1.82) is 0 Å². The summed E-state index contributed by atoms with van der Waals surface area (Å²) in [7, 11) is 0. The van der Waals surface area contributed by atoms with E-state index in [1.807, 2.05) is 63.2 Å². The third-order valence-electron chi connectivity index (χ3n) is 5.68. The van der Waals surface area contributed by atoms with Gasteiger partial charge in [-0.15, -0.1) is 11.3 Å². The normalized spacial score (nSPS) is 11.5. The molecule has 4 rings (SSSR count). The first-order valence-corrected chi connectivity index (χ1v) is 12.4. The van der Waals surface area contributed by atoms with E-state index in [1.54, 1.807) is 28.5 Å². The Morgan fingerprint density at radius 1 is 0.972 bits per heavy atom. The predicted octanol–water partition coefficient (Wildman–Crippen LogP) is 8.38. The summed E-state index contributed by atoms with van der Waals surface area (Å²) in [5, 5.41) is 1.80. The molecule has 0 radical (unpaired) electrons. The fraction of sp³-hybridized carbons (Fsp3) is 0.207. The molecule has 3 nitrogen and oxygen atoms in total. The number of carbonyl (C=O) groups is 1. The van der Waals surface area contributed by atoms with Crippen LogP contribution in [0.5, 0.6) is 5.75 Å². The first-order valence-electron chi connectivity index (χ1n) is 11.5. The SMILES string of the molecule is Cc1ccc(C(=O)N(c2csc(-c3cccc(C(F)(F)F)c3)c2)C(C)C)c(OCc2ccccc2)c1. The molecule has 1 aromatic heterocycles. The number of amides is 1. The topological polar surface area (TPSA) is 29.5 Å². The van der Waals surface area contributed by atoms with Gasteiger partial charge in [-0.1, -0.05) is 48.5 Å². The molecule has 0 aliphatic heterocycles. The van der Waals surface area contributed by atoms with Crippen molar-refractivity contribution in [2.24, 2.45) is 0 Å². The predicted molar refractivity (Wildman–Crippen MR) is 139 cm³/mol. The van der Waals surface area contributed by atoms with E-state index >= 15 is 0 Å².